The molecule has 0 unspecified atom stereocenters. The lowest BCUT2D eigenvalue weighted by atomic mass is 10.1. The molecule has 0 spiro atoms. The summed E-state index contributed by atoms with van der Waals surface area (Å²) in [5.41, 5.74) is 3.24. The van der Waals surface area contributed by atoms with E-state index in [2.05, 4.69) is 29.8 Å². The molecule has 0 heterocycles. The maximum atomic E-state index is 12.6. The highest BCUT2D eigenvalue weighted by atomic mass is 32.2. The lowest BCUT2D eigenvalue weighted by Gasteiger charge is -2.11. The number of hydrogen-bond donors (Lipinski definition) is 2. The molecule has 3 rings (SSSR count). The van der Waals surface area contributed by atoms with Crippen LogP contribution in [0, 0.1) is 20.8 Å². The number of rotatable bonds is 6. The van der Waals surface area contributed by atoms with Crippen molar-refractivity contribution < 1.29 is 18.3 Å². The number of anilines is 1. The number of benzene rings is 3. The van der Waals surface area contributed by atoms with Gasteiger partial charge in [-0.3, -0.25) is 4.72 Å². The molecule has 3 aromatic carbocycles. The van der Waals surface area contributed by atoms with Crippen molar-refractivity contribution in [1.29, 1.82) is 0 Å². The average molecular weight is 428 g/mol. The van der Waals surface area contributed by atoms with Crippen LogP contribution in [0.2, 0.25) is 0 Å². The van der Waals surface area contributed by atoms with E-state index in [1.165, 1.54) is 29.3 Å². The van der Waals surface area contributed by atoms with Gasteiger partial charge in [-0.15, -0.1) is 0 Å². The molecule has 0 aliphatic heterocycles. The molecule has 0 atom stereocenters. The first-order chi connectivity index (χ1) is 13.7. The lowest BCUT2D eigenvalue weighted by Crippen LogP contribution is -2.14. The lowest BCUT2D eigenvalue weighted by molar-refractivity contribution is 0.0696. The van der Waals surface area contributed by atoms with Crippen molar-refractivity contribution in [3.63, 3.8) is 0 Å². The summed E-state index contributed by atoms with van der Waals surface area (Å²) in [5.74, 6) is -1.16. The first-order valence-corrected chi connectivity index (χ1v) is 11.2. The molecule has 0 saturated carbocycles. The highest BCUT2D eigenvalue weighted by Gasteiger charge is 2.18. The highest BCUT2D eigenvalue weighted by molar-refractivity contribution is 7.99. The summed E-state index contributed by atoms with van der Waals surface area (Å²) in [4.78, 5) is 13.3. The predicted molar refractivity (Wildman–Crippen MR) is 115 cm³/mol. The zero-order valence-corrected chi connectivity index (χ0v) is 17.9. The van der Waals surface area contributed by atoms with Crippen LogP contribution < -0.4 is 4.72 Å². The Labute approximate surface area is 174 Å². The second kappa shape index (κ2) is 8.31. The van der Waals surface area contributed by atoms with Crippen LogP contribution in [-0.2, 0) is 10.0 Å². The molecule has 0 bridgehead atoms. The largest absolute Gasteiger partial charge is 0.478 e. The SMILES string of the molecule is Cc1ccc(C)c(Sc2ccc(NS(=O)(=O)c3ccc(C)c(C(=O)O)c3)cc2)c1. The Balaban J connectivity index is 1.79. The number of aromatic carboxylic acids is 1. The molecule has 5 nitrogen and oxygen atoms in total. The van der Waals surface area contributed by atoms with Crippen molar-refractivity contribution >= 4 is 33.4 Å². The van der Waals surface area contributed by atoms with E-state index in [1.54, 1.807) is 30.8 Å². The summed E-state index contributed by atoms with van der Waals surface area (Å²) in [6.45, 7) is 5.72. The fourth-order valence-electron chi connectivity index (χ4n) is 2.75. The average Bonchev–Trinajstić information content (AvgIpc) is 2.66. The van der Waals surface area contributed by atoms with Crippen molar-refractivity contribution in [3.8, 4) is 0 Å². The van der Waals surface area contributed by atoms with Crippen LogP contribution in [0.1, 0.15) is 27.0 Å². The van der Waals surface area contributed by atoms with Crippen LogP contribution in [0.3, 0.4) is 0 Å². The number of hydrogen-bond acceptors (Lipinski definition) is 4. The molecule has 0 aliphatic rings. The van der Waals surface area contributed by atoms with E-state index in [-0.39, 0.29) is 10.5 Å². The standard InChI is InChI=1S/C22H21NO4S2/c1-14-4-5-16(3)21(12-14)28-18-9-7-17(8-10-18)23-29(26,27)19-11-6-15(2)20(13-19)22(24)25/h4-13,23H,1-3H3,(H,24,25). The molecule has 3 aromatic rings. The first kappa shape index (κ1) is 21.0. The van der Waals surface area contributed by atoms with E-state index in [0.29, 0.717) is 11.3 Å². The maximum absolute atomic E-state index is 12.6. The van der Waals surface area contributed by atoms with Gasteiger partial charge < -0.3 is 5.11 Å². The molecular formula is C22H21NO4S2. The van der Waals surface area contributed by atoms with Crippen LogP contribution >= 0.6 is 11.8 Å². The van der Waals surface area contributed by atoms with E-state index in [0.717, 1.165) is 9.79 Å². The van der Waals surface area contributed by atoms with Crippen molar-refractivity contribution in [2.24, 2.45) is 0 Å². The van der Waals surface area contributed by atoms with E-state index in [4.69, 9.17) is 0 Å². The smallest absolute Gasteiger partial charge is 0.335 e. The van der Waals surface area contributed by atoms with Gasteiger partial charge in [0.25, 0.3) is 10.0 Å². The summed E-state index contributed by atoms with van der Waals surface area (Å²) < 4.78 is 27.8. The number of nitrogens with one attached hydrogen (secondary N) is 1. The van der Waals surface area contributed by atoms with Gasteiger partial charge in [0.05, 0.1) is 10.5 Å². The van der Waals surface area contributed by atoms with Gasteiger partial charge in [0.15, 0.2) is 0 Å². The molecule has 29 heavy (non-hydrogen) atoms. The molecule has 0 saturated heterocycles. The summed E-state index contributed by atoms with van der Waals surface area (Å²) >= 11 is 1.62. The Kier molecular flexibility index (Phi) is 6.00. The van der Waals surface area contributed by atoms with Crippen LogP contribution in [0.25, 0.3) is 0 Å². The molecule has 0 aromatic heterocycles. The highest BCUT2D eigenvalue weighted by Crippen LogP contribution is 2.32. The zero-order chi connectivity index (χ0) is 21.2. The monoisotopic (exact) mass is 427 g/mol. The van der Waals surface area contributed by atoms with Crippen LogP contribution in [0.15, 0.2) is 75.4 Å². The van der Waals surface area contributed by atoms with Gasteiger partial charge >= 0.3 is 5.97 Å². The minimum Gasteiger partial charge on any atom is -0.478 e. The Morgan fingerprint density at radius 2 is 1.55 bits per heavy atom. The fourth-order valence-corrected chi connectivity index (χ4v) is 4.83. The number of carbonyl (C=O) groups is 1. The van der Waals surface area contributed by atoms with Gasteiger partial charge in [-0.1, -0.05) is 30.0 Å². The summed E-state index contributed by atoms with van der Waals surface area (Å²) in [6, 6.07) is 17.4. The molecule has 0 fully saturated rings. The summed E-state index contributed by atoms with van der Waals surface area (Å²) in [5, 5.41) is 9.22. The van der Waals surface area contributed by atoms with Crippen molar-refractivity contribution in [2.75, 3.05) is 4.72 Å². The molecule has 7 heteroatoms. The fraction of sp³-hybridized carbons (Fsp3) is 0.136. The summed E-state index contributed by atoms with van der Waals surface area (Å²) in [7, 11) is -3.89. The maximum Gasteiger partial charge on any atom is 0.335 e. The number of aryl methyl sites for hydroxylation is 3. The van der Waals surface area contributed by atoms with Gasteiger partial charge in [-0.2, -0.15) is 0 Å². The van der Waals surface area contributed by atoms with E-state index < -0.39 is 16.0 Å². The van der Waals surface area contributed by atoms with E-state index in [9.17, 15) is 18.3 Å². The van der Waals surface area contributed by atoms with Crippen LogP contribution in [0.4, 0.5) is 5.69 Å². The normalized spacial score (nSPS) is 11.3. The van der Waals surface area contributed by atoms with Crippen LogP contribution in [0.5, 0.6) is 0 Å². The van der Waals surface area contributed by atoms with E-state index >= 15 is 0 Å². The van der Waals surface area contributed by atoms with Crippen LogP contribution in [-0.4, -0.2) is 19.5 Å². The molecule has 0 aliphatic carbocycles. The Hall–Kier alpha value is -2.77. The molecule has 0 amide bonds. The third-order valence-electron chi connectivity index (χ3n) is 4.43. The first-order valence-electron chi connectivity index (χ1n) is 8.87. The number of carboxylic acid groups (broad SMARTS) is 1. The molecule has 150 valence electrons. The van der Waals surface area contributed by atoms with Gasteiger partial charge in [-0.25, -0.2) is 13.2 Å². The van der Waals surface area contributed by atoms with Gasteiger partial charge in [0, 0.05) is 15.5 Å². The minimum absolute atomic E-state index is 0.0341. The predicted octanol–water partition coefficient (Wildman–Crippen LogP) is 5.26. The van der Waals surface area contributed by atoms with Crippen molar-refractivity contribution in [2.45, 2.75) is 35.5 Å². The Bertz CT molecular complexity index is 1170. The minimum atomic E-state index is -3.89. The quantitative estimate of drug-likeness (QED) is 0.560. The third kappa shape index (κ3) is 4.99. The second-order valence-electron chi connectivity index (χ2n) is 6.78. The zero-order valence-electron chi connectivity index (χ0n) is 16.3. The third-order valence-corrected chi connectivity index (χ3v) is 6.97. The Morgan fingerprint density at radius 1 is 0.897 bits per heavy atom. The topological polar surface area (TPSA) is 83.5 Å². The van der Waals surface area contributed by atoms with Gasteiger partial charge in [-0.05, 0) is 79.9 Å². The number of carboxylic acids is 1. The number of sulfonamides is 1. The van der Waals surface area contributed by atoms with E-state index in [1.807, 2.05) is 19.1 Å². The second-order valence-corrected chi connectivity index (χ2v) is 9.58. The summed E-state index contributed by atoms with van der Waals surface area (Å²) in [6.07, 6.45) is 0. The van der Waals surface area contributed by atoms with Gasteiger partial charge in [0.2, 0.25) is 0 Å². The van der Waals surface area contributed by atoms with Crippen molar-refractivity contribution in [1.82, 2.24) is 0 Å². The molecule has 0 radical (unpaired) electrons. The molecule has 2 N–H and O–H groups in total. The Morgan fingerprint density at radius 3 is 2.21 bits per heavy atom. The van der Waals surface area contributed by atoms with Crippen molar-refractivity contribution in [3.05, 3.63) is 82.9 Å². The van der Waals surface area contributed by atoms with Gasteiger partial charge in [0.1, 0.15) is 0 Å². The molecular weight excluding hydrogens is 406 g/mol.